The van der Waals surface area contributed by atoms with Crippen LogP contribution in [0, 0.1) is 5.82 Å². The lowest BCUT2D eigenvalue weighted by atomic mass is 9.93. The standard InChI is InChI=1S/C18H17F4N3O3/c19-12-2-1-3-14(8-12)27-10-13-9-15-16(26)24(5-6-25(15)23-13)11-17(4-7-28-17)18(20,21)22/h1-3,8-9H,4-7,10-11H2/t17-/m0/s1. The Morgan fingerprint density at radius 2 is 2.04 bits per heavy atom. The maximum absolute atomic E-state index is 13.3. The molecule has 3 heterocycles. The van der Waals surface area contributed by atoms with Crippen LogP contribution >= 0.6 is 0 Å². The first-order valence-corrected chi connectivity index (χ1v) is 8.72. The smallest absolute Gasteiger partial charge is 0.419 e. The van der Waals surface area contributed by atoms with Crippen molar-refractivity contribution in [3.8, 4) is 5.75 Å². The highest BCUT2D eigenvalue weighted by atomic mass is 19.4. The summed E-state index contributed by atoms with van der Waals surface area (Å²) in [4.78, 5) is 13.8. The van der Waals surface area contributed by atoms with Crippen LogP contribution in [0.4, 0.5) is 17.6 Å². The molecule has 28 heavy (non-hydrogen) atoms. The number of aromatic nitrogens is 2. The summed E-state index contributed by atoms with van der Waals surface area (Å²) in [6, 6.07) is 7.08. The molecular weight excluding hydrogens is 382 g/mol. The molecule has 1 amide bonds. The molecule has 0 N–H and O–H groups in total. The van der Waals surface area contributed by atoms with Crippen LogP contribution < -0.4 is 4.74 Å². The first-order valence-electron chi connectivity index (χ1n) is 8.72. The number of carbonyl (C=O) groups is 1. The van der Waals surface area contributed by atoms with Gasteiger partial charge < -0.3 is 14.4 Å². The van der Waals surface area contributed by atoms with Crippen LogP contribution in [0.2, 0.25) is 0 Å². The van der Waals surface area contributed by atoms with E-state index in [9.17, 15) is 22.4 Å². The molecule has 10 heteroatoms. The summed E-state index contributed by atoms with van der Waals surface area (Å²) in [5, 5.41) is 4.25. The summed E-state index contributed by atoms with van der Waals surface area (Å²) in [7, 11) is 0. The van der Waals surface area contributed by atoms with E-state index in [2.05, 4.69) is 5.10 Å². The van der Waals surface area contributed by atoms with Crippen molar-refractivity contribution in [2.24, 2.45) is 0 Å². The van der Waals surface area contributed by atoms with Gasteiger partial charge in [-0.3, -0.25) is 9.48 Å². The molecule has 0 unspecified atom stereocenters. The van der Waals surface area contributed by atoms with Gasteiger partial charge in [-0.05, 0) is 18.2 Å². The third-order valence-corrected chi connectivity index (χ3v) is 4.95. The summed E-state index contributed by atoms with van der Waals surface area (Å²) >= 11 is 0. The minimum absolute atomic E-state index is 0.00628. The van der Waals surface area contributed by atoms with E-state index in [4.69, 9.17) is 9.47 Å². The molecule has 2 aliphatic heterocycles. The van der Waals surface area contributed by atoms with Crippen molar-refractivity contribution >= 4 is 5.91 Å². The Hall–Kier alpha value is -2.62. The Balaban J connectivity index is 1.45. The molecule has 150 valence electrons. The monoisotopic (exact) mass is 399 g/mol. The Labute approximate surface area is 157 Å². The SMILES string of the molecule is O=C1c2cc(COc3cccc(F)c3)nn2CCN1C[C@]1(C(F)(F)F)CCO1. The van der Waals surface area contributed by atoms with Gasteiger partial charge >= 0.3 is 6.18 Å². The van der Waals surface area contributed by atoms with Gasteiger partial charge in [0.2, 0.25) is 0 Å². The highest BCUT2D eigenvalue weighted by Gasteiger charge is 2.61. The normalized spacial score (nSPS) is 22.0. The second-order valence-electron chi connectivity index (χ2n) is 6.81. The molecule has 1 atom stereocenters. The highest BCUT2D eigenvalue weighted by Crippen LogP contribution is 2.43. The van der Waals surface area contributed by atoms with E-state index < -0.39 is 30.0 Å². The first kappa shape index (κ1) is 18.7. The average molecular weight is 399 g/mol. The molecule has 1 aromatic heterocycles. The third-order valence-electron chi connectivity index (χ3n) is 4.95. The van der Waals surface area contributed by atoms with Gasteiger partial charge in [-0.15, -0.1) is 0 Å². The molecule has 1 saturated heterocycles. The van der Waals surface area contributed by atoms with Crippen molar-refractivity contribution < 1.29 is 31.8 Å². The van der Waals surface area contributed by atoms with Crippen molar-refractivity contribution in [3.63, 3.8) is 0 Å². The second kappa shape index (κ2) is 6.77. The minimum Gasteiger partial charge on any atom is -0.487 e. The third kappa shape index (κ3) is 3.32. The molecule has 6 nitrogen and oxygen atoms in total. The number of benzene rings is 1. The van der Waals surface area contributed by atoms with Gasteiger partial charge in [0.15, 0.2) is 5.60 Å². The van der Waals surface area contributed by atoms with Crippen LogP contribution in [0.15, 0.2) is 30.3 Å². The van der Waals surface area contributed by atoms with Gasteiger partial charge in [0.25, 0.3) is 5.91 Å². The number of ether oxygens (including phenoxy) is 2. The number of nitrogens with zero attached hydrogens (tertiary/aromatic N) is 3. The van der Waals surface area contributed by atoms with Crippen LogP contribution in [0.5, 0.6) is 5.75 Å². The van der Waals surface area contributed by atoms with E-state index in [1.807, 2.05) is 0 Å². The van der Waals surface area contributed by atoms with Crippen molar-refractivity contribution in [2.45, 2.75) is 31.3 Å². The molecular formula is C18H17F4N3O3. The van der Waals surface area contributed by atoms with Crippen molar-refractivity contribution in [1.82, 2.24) is 14.7 Å². The number of halogens is 4. The Bertz CT molecular complexity index is 892. The number of rotatable bonds is 5. The minimum atomic E-state index is -4.53. The molecule has 1 fully saturated rings. The lowest BCUT2D eigenvalue weighted by Gasteiger charge is -2.46. The molecule has 0 bridgehead atoms. The largest absolute Gasteiger partial charge is 0.487 e. The van der Waals surface area contributed by atoms with Crippen LogP contribution in [0.1, 0.15) is 22.6 Å². The summed E-state index contributed by atoms with van der Waals surface area (Å²) in [5.74, 6) is -0.660. The van der Waals surface area contributed by atoms with Crippen LogP contribution in [-0.2, 0) is 17.9 Å². The second-order valence-corrected chi connectivity index (χ2v) is 6.81. The summed E-state index contributed by atoms with van der Waals surface area (Å²) < 4.78 is 64.8. The molecule has 0 spiro atoms. The zero-order chi connectivity index (χ0) is 19.9. The predicted molar refractivity (Wildman–Crippen MR) is 88.2 cm³/mol. The molecule has 1 aromatic carbocycles. The summed E-state index contributed by atoms with van der Waals surface area (Å²) in [5.41, 5.74) is -1.66. The molecule has 2 aromatic rings. The lowest BCUT2D eigenvalue weighted by Crippen LogP contribution is -2.63. The molecule has 4 rings (SSSR count). The van der Waals surface area contributed by atoms with Crippen molar-refractivity contribution in [1.29, 1.82) is 0 Å². The van der Waals surface area contributed by atoms with Crippen molar-refractivity contribution in [3.05, 3.63) is 47.5 Å². The van der Waals surface area contributed by atoms with Crippen LogP contribution in [0.3, 0.4) is 0 Å². The fourth-order valence-electron chi connectivity index (χ4n) is 3.32. The maximum atomic E-state index is 13.3. The maximum Gasteiger partial charge on any atom is 0.419 e. The summed E-state index contributed by atoms with van der Waals surface area (Å²) in [6.45, 7) is -0.114. The number of carbonyl (C=O) groups excluding carboxylic acids is 1. The van der Waals surface area contributed by atoms with Gasteiger partial charge in [-0.1, -0.05) is 6.07 Å². The van der Waals surface area contributed by atoms with E-state index in [0.29, 0.717) is 11.4 Å². The Kier molecular flexibility index (Phi) is 4.53. The van der Waals surface area contributed by atoms with Gasteiger partial charge in [0.1, 0.15) is 29.6 Å². The van der Waals surface area contributed by atoms with Crippen LogP contribution in [0.25, 0.3) is 0 Å². The fourth-order valence-corrected chi connectivity index (χ4v) is 3.32. The molecule has 0 saturated carbocycles. The number of alkyl halides is 3. The molecule has 2 aliphatic rings. The number of hydrogen-bond acceptors (Lipinski definition) is 4. The number of amides is 1. The predicted octanol–water partition coefficient (Wildman–Crippen LogP) is 2.78. The van der Waals surface area contributed by atoms with E-state index in [-0.39, 0.29) is 38.4 Å². The zero-order valence-corrected chi connectivity index (χ0v) is 14.7. The van der Waals surface area contributed by atoms with E-state index in [1.165, 1.54) is 28.9 Å². The van der Waals surface area contributed by atoms with Crippen LogP contribution in [-0.4, -0.2) is 52.1 Å². The topological polar surface area (TPSA) is 56.6 Å². The molecule has 0 radical (unpaired) electrons. The van der Waals surface area contributed by atoms with Gasteiger partial charge in [0.05, 0.1) is 19.7 Å². The van der Waals surface area contributed by atoms with Gasteiger partial charge in [0, 0.05) is 19.0 Å². The van der Waals surface area contributed by atoms with Gasteiger partial charge in [-0.25, -0.2) is 4.39 Å². The summed E-state index contributed by atoms with van der Waals surface area (Å²) in [6.07, 6.45) is -4.69. The Morgan fingerprint density at radius 3 is 2.68 bits per heavy atom. The van der Waals surface area contributed by atoms with E-state index in [0.717, 1.165) is 4.90 Å². The number of hydrogen-bond donors (Lipinski definition) is 0. The van der Waals surface area contributed by atoms with Crippen molar-refractivity contribution in [2.75, 3.05) is 19.7 Å². The van der Waals surface area contributed by atoms with E-state index >= 15 is 0 Å². The quantitative estimate of drug-likeness (QED) is 0.726. The van der Waals surface area contributed by atoms with Gasteiger partial charge in [-0.2, -0.15) is 18.3 Å². The first-order chi connectivity index (χ1) is 13.3. The lowest BCUT2D eigenvalue weighted by molar-refractivity contribution is -0.327. The fraction of sp³-hybridized carbons (Fsp3) is 0.444. The molecule has 0 aliphatic carbocycles. The average Bonchev–Trinajstić information content (AvgIpc) is 3.01. The highest BCUT2D eigenvalue weighted by molar-refractivity contribution is 5.93. The number of fused-ring (bicyclic) bond motifs is 1. The van der Waals surface area contributed by atoms with E-state index in [1.54, 1.807) is 6.07 Å². The Morgan fingerprint density at radius 1 is 1.25 bits per heavy atom. The zero-order valence-electron chi connectivity index (χ0n) is 14.7.